The monoisotopic (exact) mass is 267 g/mol. The predicted octanol–water partition coefficient (Wildman–Crippen LogP) is 1.22. The van der Waals surface area contributed by atoms with Gasteiger partial charge >= 0.3 is 0 Å². The Morgan fingerprint density at radius 3 is 2.83 bits per heavy atom. The summed E-state index contributed by atoms with van der Waals surface area (Å²) < 4.78 is 3.31. The Hall–Kier alpha value is -1.82. The second-order valence-corrected chi connectivity index (χ2v) is 4.29. The van der Waals surface area contributed by atoms with Crippen molar-refractivity contribution in [3.05, 3.63) is 34.9 Å². The van der Waals surface area contributed by atoms with Crippen LogP contribution in [-0.2, 0) is 20.1 Å². The summed E-state index contributed by atoms with van der Waals surface area (Å²) >= 11 is 5.94. The van der Waals surface area contributed by atoms with Gasteiger partial charge < -0.3 is 5.32 Å². The zero-order valence-corrected chi connectivity index (χ0v) is 11.0. The van der Waals surface area contributed by atoms with Gasteiger partial charge in [-0.25, -0.2) is 0 Å². The lowest BCUT2D eigenvalue weighted by Crippen LogP contribution is -2.23. The summed E-state index contributed by atoms with van der Waals surface area (Å²) in [5.74, 6) is -0.281. The van der Waals surface area contributed by atoms with Gasteiger partial charge in [0.1, 0.15) is 0 Å². The van der Waals surface area contributed by atoms with Crippen LogP contribution in [0.2, 0.25) is 5.02 Å². The second kappa shape index (κ2) is 5.22. The minimum absolute atomic E-state index is 0.252. The van der Waals surface area contributed by atoms with Crippen LogP contribution in [0.5, 0.6) is 0 Å². The highest BCUT2D eigenvalue weighted by Crippen LogP contribution is 2.13. The molecule has 2 heterocycles. The zero-order chi connectivity index (χ0) is 13.1. The van der Waals surface area contributed by atoms with Crippen LogP contribution < -0.4 is 5.32 Å². The molecular formula is C11H14ClN5O. The van der Waals surface area contributed by atoms with Gasteiger partial charge in [0.2, 0.25) is 0 Å². The number of nitrogens with one attached hydrogen (secondary N) is 1. The van der Waals surface area contributed by atoms with Crippen LogP contribution >= 0.6 is 11.6 Å². The van der Waals surface area contributed by atoms with Gasteiger partial charge in [-0.15, -0.1) is 0 Å². The molecule has 2 rings (SSSR count). The number of nitrogens with zero attached hydrogens (tertiary/aromatic N) is 4. The number of aromatic nitrogens is 4. The number of hydrogen-bond donors (Lipinski definition) is 1. The summed E-state index contributed by atoms with van der Waals surface area (Å²) in [6.45, 7) is 3.01. The Morgan fingerprint density at radius 1 is 1.50 bits per heavy atom. The molecule has 1 amide bonds. The van der Waals surface area contributed by atoms with Crippen LogP contribution in [0.3, 0.4) is 0 Å². The summed E-state index contributed by atoms with van der Waals surface area (Å²) in [6.07, 6.45) is 5.18. The average molecular weight is 268 g/mol. The van der Waals surface area contributed by atoms with E-state index in [1.54, 1.807) is 21.8 Å². The first-order valence-corrected chi connectivity index (χ1v) is 5.96. The summed E-state index contributed by atoms with van der Waals surface area (Å²) in [6, 6.07) is 0. The first kappa shape index (κ1) is 12.6. The van der Waals surface area contributed by atoms with E-state index in [0.717, 1.165) is 5.56 Å². The number of hydrogen-bond acceptors (Lipinski definition) is 3. The van der Waals surface area contributed by atoms with Gasteiger partial charge in [-0.1, -0.05) is 11.6 Å². The molecule has 0 bridgehead atoms. The Morgan fingerprint density at radius 2 is 2.28 bits per heavy atom. The third-order valence-corrected chi connectivity index (χ3v) is 2.74. The van der Waals surface area contributed by atoms with Crippen LogP contribution in [-0.4, -0.2) is 25.5 Å². The summed E-state index contributed by atoms with van der Waals surface area (Å²) in [5.41, 5.74) is 1.18. The van der Waals surface area contributed by atoms with Crippen molar-refractivity contribution in [3.8, 4) is 0 Å². The van der Waals surface area contributed by atoms with E-state index >= 15 is 0 Å². The third-order valence-electron chi connectivity index (χ3n) is 2.47. The van der Waals surface area contributed by atoms with Crippen molar-refractivity contribution in [2.45, 2.75) is 20.0 Å². The first-order chi connectivity index (χ1) is 8.60. The summed E-state index contributed by atoms with van der Waals surface area (Å²) in [5, 5.41) is 11.2. The fourth-order valence-corrected chi connectivity index (χ4v) is 1.78. The molecule has 0 saturated heterocycles. The molecule has 0 radical (unpaired) electrons. The topological polar surface area (TPSA) is 64.7 Å². The fourth-order valence-electron chi connectivity index (χ4n) is 1.54. The fraction of sp³-hybridized carbons (Fsp3) is 0.364. The van der Waals surface area contributed by atoms with Crippen molar-refractivity contribution in [1.82, 2.24) is 24.9 Å². The molecule has 0 aliphatic carbocycles. The average Bonchev–Trinajstić information content (AvgIpc) is 2.92. The predicted molar refractivity (Wildman–Crippen MR) is 67.3 cm³/mol. The normalized spacial score (nSPS) is 10.6. The molecule has 0 unspecified atom stereocenters. The summed E-state index contributed by atoms with van der Waals surface area (Å²) in [7, 11) is 1.82. The molecule has 0 aliphatic rings. The van der Waals surface area contributed by atoms with Crippen LogP contribution in [0.4, 0.5) is 0 Å². The van der Waals surface area contributed by atoms with E-state index in [9.17, 15) is 4.79 Å². The molecule has 0 aliphatic heterocycles. The maximum Gasteiger partial charge on any atom is 0.273 e. The third kappa shape index (κ3) is 2.70. The van der Waals surface area contributed by atoms with Gasteiger partial charge in [0.15, 0.2) is 5.69 Å². The van der Waals surface area contributed by atoms with E-state index in [1.165, 1.54) is 0 Å². The highest BCUT2D eigenvalue weighted by Gasteiger charge is 2.14. The minimum atomic E-state index is -0.281. The second-order valence-electron chi connectivity index (χ2n) is 3.89. The number of halogens is 1. The molecule has 0 atom stereocenters. The molecule has 0 saturated carbocycles. The molecule has 7 heteroatoms. The van der Waals surface area contributed by atoms with Crippen LogP contribution in [0.1, 0.15) is 23.0 Å². The highest BCUT2D eigenvalue weighted by molar-refractivity contribution is 6.33. The van der Waals surface area contributed by atoms with Crippen LogP contribution in [0.15, 0.2) is 18.6 Å². The lowest BCUT2D eigenvalue weighted by Gasteiger charge is -2.01. The maximum atomic E-state index is 11.9. The van der Waals surface area contributed by atoms with E-state index in [1.807, 2.05) is 20.2 Å². The number of carbonyl (C=O) groups excluding carboxylic acids is 1. The molecule has 1 N–H and O–H groups in total. The van der Waals surface area contributed by atoms with Gasteiger partial charge in [-0.3, -0.25) is 14.2 Å². The van der Waals surface area contributed by atoms with E-state index < -0.39 is 0 Å². The van der Waals surface area contributed by atoms with E-state index in [-0.39, 0.29) is 11.6 Å². The van der Waals surface area contributed by atoms with Crippen LogP contribution in [0, 0.1) is 0 Å². The van der Waals surface area contributed by atoms with Crippen molar-refractivity contribution in [2.75, 3.05) is 0 Å². The Kier molecular flexibility index (Phi) is 3.66. The molecule has 96 valence electrons. The molecule has 6 nitrogen and oxygen atoms in total. The van der Waals surface area contributed by atoms with Gasteiger partial charge in [-0.05, 0) is 6.92 Å². The molecule has 0 fully saturated rings. The Labute approximate surface area is 110 Å². The molecule has 0 aromatic carbocycles. The van der Waals surface area contributed by atoms with Crippen LogP contribution in [0.25, 0.3) is 0 Å². The maximum absolute atomic E-state index is 11.9. The number of rotatable bonds is 4. The largest absolute Gasteiger partial charge is 0.346 e. The van der Waals surface area contributed by atoms with Gasteiger partial charge in [0.05, 0.1) is 11.2 Å². The Balaban J connectivity index is 2.01. The van der Waals surface area contributed by atoms with Crippen molar-refractivity contribution in [1.29, 1.82) is 0 Å². The van der Waals surface area contributed by atoms with E-state index in [4.69, 9.17) is 11.6 Å². The quantitative estimate of drug-likeness (QED) is 0.906. The number of amides is 1. The molecule has 0 spiro atoms. The number of aryl methyl sites for hydroxylation is 2. The van der Waals surface area contributed by atoms with Gasteiger partial charge in [0, 0.05) is 38.1 Å². The molecule has 2 aromatic rings. The smallest absolute Gasteiger partial charge is 0.273 e. The van der Waals surface area contributed by atoms with E-state index in [2.05, 4.69) is 15.5 Å². The van der Waals surface area contributed by atoms with Gasteiger partial charge in [-0.2, -0.15) is 10.2 Å². The van der Waals surface area contributed by atoms with E-state index in [0.29, 0.717) is 18.1 Å². The SMILES string of the molecule is CCn1cc(Cl)c(C(=O)NCc2cnn(C)c2)n1. The lowest BCUT2D eigenvalue weighted by molar-refractivity contribution is 0.0945. The summed E-state index contributed by atoms with van der Waals surface area (Å²) in [4.78, 5) is 11.9. The van der Waals surface area contributed by atoms with Crippen molar-refractivity contribution >= 4 is 17.5 Å². The van der Waals surface area contributed by atoms with Crippen molar-refractivity contribution < 1.29 is 4.79 Å². The highest BCUT2D eigenvalue weighted by atomic mass is 35.5. The first-order valence-electron chi connectivity index (χ1n) is 5.58. The number of carbonyl (C=O) groups is 1. The van der Waals surface area contributed by atoms with Crippen molar-refractivity contribution in [2.24, 2.45) is 7.05 Å². The lowest BCUT2D eigenvalue weighted by atomic mass is 10.3. The molecule has 18 heavy (non-hydrogen) atoms. The Bertz CT molecular complexity index is 560. The zero-order valence-electron chi connectivity index (χ0n) is 10.2. The minimum Gasteiger partial charge on any atom is -0.346 e. The molecular weight excluding hydrogens is 254 g/mol. The van der Waals surface area contributed by atoms with Gasteiger partial charge in [0.25, 0.3) is 5.91 Å². The molecule has 2 aromatic heterocycles. The standard InChI is InChI=1S/C11H14ClN5O/c1-3-17-7-9(12)10(15-17)11(18)13-4-8-5-14-16(2)6-8/h5-7H,3-4H2,1-2H3,(H,13,18). The van der Waals surface area contributed by atoms with Crippen molar-refractivity contribution in [3.63, 3.8) is 0 Å².